The molecule has 0 saturated heterocycles. The summed E-state index contributed by atoms with van der Waals surface area (Å²) in [6, 6.07) is 64.8. The molecule has 1 aliphatic rings. The fourth-order valence-electron chi connectivity index (χ4n) is 8.57. The predicted octanol–water partition coefficient (Wildman–Crippen LogP) is 13.7. The molecule has 0 N–H and O–H groups in total. The molecule has 0 amide bonds. The molecule has 1 aliphatic carbocycles. The third kappa shape index (κ3) is 4.72. The van der Waals surface area contributed by atoms with Gasteiger partial charge in [-0.1, -0.05) is 123 Å². The number of aryl methyl sites for hydroxylation is 1. The van der Waals surface area contributed by atoms with Gasteiger partial charge in [-0.3, -0.25) is 0 Å². The van der Waals surface area contributed by atoms with Crippen LogP contribution in [0.15, 0.2) is 176 Å². The smallest absolute Gasteiger partial charge is 0.0542 e. The number of nitrogens with zero attached hydrogens (tertiary/aromatic N) is 2. The number of rotatable bonds is 5. The minimum Gasteiger partial charge on any atom is -0.310 e. The fourth-order valence-corrected chi connectivity index (χ4v) is 8.57. The first-order valence-electron chi connectivity index (χ1n) is 18.2. The van der Waals surface area contributed by atoms with E-state index >= 15 is 0 Å². The molecule has 0 atom stereocenters. The summed E-state index contributed by atoms with van der Waals surface area (Å²) in [4.78, 5) is 2.38. The Bertz CT molecular complexity index is 2820. The second-order valence-electron chi connectivity index (χ2n) is 14.7. The van der Waals surface area contributed by atoms with Gasteiger partial charge in [0.05, 0.1) is 11.0 Å². The van der Waals surface area contributed by atoms with Crippen molar-refractivity contribution in [2.75, 3.05) is 4.90 Å². The SMILES string of the molecule is Cc1ccc2c(c1)c1cc(N(c3ccccc3)c3ccc(-c4ccc5c(c4)C(C)(C)c4ccccc4-5)cc3)ccc1n2-c1ccc2ccccc2c1. The first kappa shape index (κ1) is 30.4. The summed E-state index contributed by atoms with van der Waals surface area (Å²) in [5.74, 6) is 0. The van der Waals surface area contributed by atoms with E-state index in [1.54, 1.807) is 0 Å². The molecule has 9 aromatic rings. The van der Waals surface area contributed by atoms with Crippen molar-refractivity contribution in [3.63, 3.8) is 0 Å². The van der Waals surface area contributed by atoms with Gasteiger partial charge in [0.2, 0.25) is 0 Å². The van der Waals surface area contributed by atoms with Gasteiger partial charge in [0.1, 0.15) is 0 Å². The van der Waals surface area contributed by atoms with Crippen LogP contribution >= 0.6 is 0 Å². The number of para-hydroxylation sites is 1. The van der Waals surface area contributed by atoms with E-state index in [-0.39, 0.29) is 5.41 Å². The molecule has 2 heteroatoms. The van der Waals surface area contributed by atoms with E-state index < -0.39 is 0 Å². The third-order valence-corrected chi connectivity index (χ3v) is 11.2. The van der Waals surface area contributed by atoms with E-state index in [2.05, 4.69) is 206 Å². The number of aromatic nitrogens is 1. The van der Waals surface area contributed by atoms with Crippen LogP contribution in [0.3, 0.4) is 0 Å². The molecule has 2 nitrogen and oxygen atoms in total. The van der Waals surface area contributed by atoms with Crippen LogP contribution in [0.4, 0.5) is 17.1 Å². The largest absolute Gasteiger partial charge is 0.310 e. The summed E-state index contributed by atoms with van der Waals surface area (Å²) in [6.07, 6.45) is 0. The Hall–Kier alpha value is -6.38. The molecule has 0 saturated carbocycles. The highest BCUT2D eigenvalue weighted by Crippen LogP contribution is 2.49. The van der Waals surface area contributed by atoms with E-state index in [1.165, 1.54) is 77.2 Å². The summed E-state index contributed by atoms with van der Waals surface area (Å²) < 4.78 is 2.42. The molecule has 1 heterocycles. The van der Waals surface area contributed by atoms with Crippen LogP contribution < -0.4 is 4.90 Å². The van der Waals surface area contributed by atoms with E-state index in [9.17, 15) is 0 Å². The van der Waals surface area contributed by atoms with E-state index in [0.29, 0.717) is 0 Å². The second-order valence-corrected chi connectivity index (χ2v) is 14.7. The molecule has 0 spiro atoms. The lowest BCUT2D eigenvalue weighted by Gasteiger charge is -2.26. The highest BCUT2D eigenvalue weighted by Gasteiger charge is 2.35. The Balaban J connectivity index is 1.09. The average Bonchev–Trinajstić information content (AvgIpc) is 3.62. The number of hydrogen-bond acceptors (Lipinski definition) is 1. The number of benzene rings is 8. The van der Waals surface area contributed by atoms with Crippen molar-refractivity contribution >= 4 is 49.6 Å². The summed E-state index contributed by atoms with van der Waals surface area (Å²) in [5, 5.41) is 4.99. The Labute approximate surface area is 304 Å². The van der Waals surface area contributed by atoms with Crippen LogP contribution in [0.25, 0.3) is 60.5 Å². The van der Waals surface area contributed by atoms with Gasteiger partial charge in [0.15, 0.2) is 0 Å². The normalized spacial score (nSPS) is 13.1. The van der Waals surface area contributed by atoms with Gasteiger partial charge in [-0.2, -0.15) is 0 Å². The van der Waals surface area contributed by atoms with Crippen molar-refractivity contribution in [2.45, 2.75) is 26.2 Å². The van der Waals surface area contributed by atoms with Crippen molar-refractivity contribution in [3.05, 3.63) is 193 Å². The van der Waals surface area contributed by atoms with E-state index in [1.807, 2.05) is 0 Å². The average molecular weight is 667 g/mol. The van der Waals surface area contributed by atoms with Crippen LogP contribution in [0, 0.1) is 6.92 Å². The monoisotopic (exact) mass is 666 g/mol. The quantitative estimate of drug-likeness (QED) is 0.177. The molecule has 248 valence electrons. The van der Waals surface area contributed by atoms with Crippen LogP contribution in [-0.4, -0.2) is 4.57 Å². The van der Waals surface area contributed by atoms with Crippen molar-refractivity contribution in [3.8, 4) is 27.9 Å². The lowest BCUT2D eigenvalue weighted by atomic mass is 9.81. The fraction of sp³-hybridized carbons (Fsp3) is 0.0800. The van der Waals surface area contributed by atoms with Gasteiger partial charge >= 0.3 is 0 Å². The zero-order chi connectivity index (χ0) is 35.0. The molecular weight excluding hydrogens is 629 g/mol. The third-order valence-electron chi connectivity index (χ3n) is 11.2. The molecule has 10 rings (SSSR count). The van der Waals surface area contributed by atoms with E-state index in [4.69, 9.17) is 0 Å². The molecule has 8 aromatic carbocycles. The molecular formula is C50H38N2. The van der Waals surface area contributed by atoms with Crippen molar-refractivity contribution < 1.29 is 0 Å². The van der Waals surface area contributed by atoms with Crippen molar-refractivity contribution in [2.24, 2.45) is 0 Å². The molecule has 0 unspecified atom stereocenters. The van der Waals surface area contributed by atoms with Crippen LogP contribution in [0.5, 0.6) is 0 Å². The molecule has 0 radical (unpaired) electrons. The van der Waals surface area contributed by atoms with Gasteiger partial charge in [-0.15, -0.1) is 0 Å². The van der Waals surface area contributed by atoms with Gasteiger partial charge < -0.3 is 9.47 Å². The maximum Gasteiger partial charge on any atom is 0.0542 e. The van der Waals surface area contributed by atoms with Gasteiger partial charge in [0, 0.05) is 38.9 Å². The highest BCUT2D eigenvalue weighted by atomic mass is 15.1. The first-order chi connectivity index (χ1) is 25.4. The molecule has 0 fully saturated rings. The number of anilines is 3. The van der Waals surface area contributed by atoms with Crippen LogP contribution in [0.1, 0.15) is 30.5 Å². The zero-order valence-corrected chi connectivity index (χ0v) is 29.6. The lowest BCUT2D eigenvalue weighted by Crippen LogP contribution is -2.14. The summed E-state index contributed by atoms with van der Waals surface area (Å²) in [6.45, 7) is 6.88. The maximum absolute atomic E-state index is 2.42. The Morgan fingerprint density at radius 2 is 1.08 bits per heavy atom. The Kier molecular flexibility index (Phi) is 6.78. The predicted molar refractivity (Wildman–Crippen MR) is 221 cm³/mol. The summed E-state index contributed by atoms with van der Waals surface area (Å²) >= 11 is 0. The van der Waals surface area contributed by atoms with E-state index in [0.717, 1.165) is 17.1 Å². The molecule has 52 heavy (non-hydrogen) atoms. The lowest BCUT2D eigenvalue weighted by molar-refractivity contribution is 0.660. The number of fused-ring (bicyclic) bond motifs is 7. The minimum absolute atomic E-state index is 0.0272. The summed E-state index contributed by atoms with van der Waals surface area (Å²) in [7, 11) is 0. The summed E-state index contributed by atoms with van der Waals surface area (Å²) in [5.41, 5.74) is 16.2. The maximum atomic E-state index is 2.42. The Morgan fingerprint density at radius 3 is 1.90 bits per heavy atom. The zero-order valence-electron chi connectivity index (χ0n) is 29.6. The highest BCUT2D eigenvalue weighted by molar-refractivity contribution is 6.11. The number of hydrogen-bond donors (Lipinski definition) is 0. The van der Waals surface area contributed by atoms with Crippen molar-refractivity contribution in [1.29, 1.82) is 0 Å². The standard InChI is InChI=1S/C50H38N2/c1-33-17-27-48-44(29-33)45-32-41(25-28-49(45)52(48)40-24-20-34-11-7-8-12-36(34)30-40)51(38-13-5-4-6-14-38)39-22-18-35(19-23-39)37-21-26-43-42-15-9-10-16-46(42)50(2,3)47(43)31-37/h4-32H,1-3H3. The van der Waals surface area contributed by atoms with Crippen molar-refractivity contribution in [1.82, 2.24) is 4.57 Å². The van der Waals surface area contributed by atoms with Crippen LogP contribution in [-0.2, 0) is 5.41 Å². The molecule has 0 bridgehead atoms. The van der Waals surface area contributed by atoms with Crippen LogP contribution in [0.2, 0.25) is 0 Å². The topological polar surface area (TPSA) is 8.17 Å². The Morgan fingerprint density at radius 1 is 0.442 bits per heavy atom. The second kappa shape index (κ2) is 11.6. The van der Waals surface area contributed by atoms with Gasteiger partial charge in [-0.05, 0) is 124 Å². The molecule has 0 aliphatic heterocycles. The van der Waals surface area contributed by atoms with Gasteiger partial charge in [-0.25, -0.2) is 0 Å². The molecule has 1 aromatic heterocycles. The minimum atomic E-state index is -0.0272. The first-order valence-corrected chi connectivity index (χ1v) is 18.2. The van der Waals surface area contributed by atoms with Gasteiger partial charge in [0.25, 0.3) is 0 Å².